The van der Waals surface area contributed by atoms with Crippen LogP contribution in [0.5, 0.6) is 5.88 Å². The maximum Gasteiger partial charge on any atom is 0.349 e. The molecule has 0 spiro atoms. The fourth-order valence-electron chi connectivity index (χ4n) is 3.63. The third kappa shape index (κ3) is 4.04. The van der Waals surface area contributed by atoms with Crippen molar-refractivity contribution in [2.45, 2.75) is 6.54 Å². The summed E-state index contributed by atoms with van der Waals surface area (Å²) in [6.07, 6.45) is 6.40. The van der Waals surface area contributed by atoms with Crippen LogP contribution in [0.1, 0.15) is 5.56 Å². The molecule has 5 heterocycles. The Morgan fingerprint density at radius 2 is 1.70 bits per heavy atom. The SMILES string of the molecule is O=c1c(-c2ccnc(-c3ccc(Cl)nc3)c2)c([O-])[n+](Cc2ccc(Cl)nc2)c2ccccn12. The highest BCUT2D eigenvalue weighted by molar-refractivity contribution is 6.29. The molecule has 33 heavy (non-hydrogen) atoms. The second-order valence-corrected chi connectivity index (χ2v) is 8.06. The van der Waals surface area contributed by atoms with Crippen molar-refractivity contribution in [1.29, 1.82) is 0 Å². The summed E-state index contributed by atoms with van der Waals surface area (Å²) in [6.45, 7) is 0.225. The normalized spacial score (nSPS) is 11.1. The number of hydrogen-bond acceptors (Lipinski definition) is 5. The number of fused-ring (bicyclic) bond motifs is 1. The van der Waals surface area contributed by atoms with Crippen molar-refractivity contribution in [2.75, 3.05) is 0 Å². The molecule has 0 radical (unpaired) electrons. The zero-order chi connectivity index (χ0) is 22.9. The maximum absolute atomic E-state index is 13.6. The number of rotatable bonds is 4. The van der Waals surface area contributed by atoms with Crippen LogP contribution in [-0.4, -0.2) is 19.4 Å². The van der Waals surface area contributed by atoms with E-state index in [0.717, 1.165) is 11.1 Å². The molecule has 9 heteroatoms. The Balaban J connectivity index is 1.71. The Labute approximate surface area is 198 Å². The summed E-state index contributed by atoms with van der Waals surface area (Å²) in [4.78, 5) is 25.9. The predicted octanol–water partition coefficient (Wildman–Crippen LogP) is 3.53. The maximum atomic E-state index is 13.6. The van der Waals surface area contributed by atoms with Gasteiger partial charge in [-0.3, -0.25) is 4.98 Å². The van der Waals surface area contributed by atoms with Crippen molar-refractivity contribution >= 4 is 28.8 Å². The Morgan fingerprint density at radius 3 is 2.42 bits per heavy atom. The third-order valence-electron chi connectivity index (χ3n) is 5.21. The summed E-state index contributed by atoms with van der Waals surface area (Å²) in [6, 6.07) is 15.5. The highest BCUT2D eigenvalue weighted by Gasteiger charge is 2.20. The molecule has 5 aromatic rings. The molecule has 0 atom stereocenters. The lowest BCUT2D eigenvalue weighted by Crippen LogP contribution is -2.44. The van der Waals surface area contributed by atoms with Gasteiger partial charge in [-0.1, -0.05) is 35.3 Å². The van der Waals surface area contributed by atoms with Crippen LogP contribution in [0.4, 0.5) is 0 Å². The topological polar surface area (TPSA) is 87.1 Å². The van der Waals surface area contributed by atoms with Gasteiger partial charge < -0.3 is 5.11 Å². The number of pyridine rings is 4. The smallest absolute Gasteiger partial charge is 0.349 e. The molecule has 0 bridgehead atoms. The summed E-state index contributed by atoms with van der Waals surface area (Å²) in [5.41, 5.74) is 2.64. The average molecular weight is 476 g/mol. The van der Waals surface area contributed by atoms with Crippen LogP contribution >= 0.6 is 23.2 Å². The zero-order valence-electron chi connectivity index (χ0n) is 17.0. The van der Waals surface area contributed by atoms with Crippen LogP contribution in [0.15, 0.2) is 84.2 Å². The van der Waals surface area contributed by atoms with E-state index in [0.29, 0.717) is 27.2 Å². The van der Waals surface area contributed by atoms with E-state index in [-0.39, 0.29) is 12.1 Å². The van der Waals surface area contributed by atoms with E-state index in [9.17, 15) is 9.90 Å². The molecule has 0 unspecified atom stereocenters. The van der Waals surface area contributed by atoms with Gasteiger partial charge in [-0.05, 0) is 42.0 Å². The van der Waals surface area contributed by atoms with Crippen molar-refractivity contribution in [2.24, 2.45) is 0 Å². The molecular weight excluding hydrogens is 461 g/mol. The predicted molar refractivity (Wildman–Crippen MR) is 123 cm³/mol. The van der Waals surface area contributed by atoms with Gasteiger partial charge in [-0.2, -0.15) is 4.40 Å². The molecule has 0 fully saturated rings. The van der Waals surface area contributed by atoms with E-state index < -0.39 is 11.4 Å². The lowest BCUT2D eigenvalue weighted by Gasteiger charge is -2.17. The highest BCUT2D eigenvalue weighted by Crippen LogP contribution is 2.26. The van der Waals surface area contributed by atoms with E-state index in [1.807, 2.05) is 0 Å². The molecule has 7 nitrogen and oxygen atoms in total. The van der Waals surface area contributed by atoms with Crippen LogP contribution in [-0.2, 0) is 6.54 Å². The van der Waals surface area contributed by atoms with Crippen LogP contribution in [0.3, 0.4) is 0 Å². The Bertz CT molecular complexity index is 1530. The average Bonchev–Trinajstić information content (AvgIpc) is 2.84. The lowest BCUT2D eigenvalue weighted by molar-refractivity contribution is -0.708. The van der Waals surface area contributed by atoms with Gasteiger partial charge in [-0.25, -0.2) is 19.3 Å². The summed E-state index contributed by atoms with van der Waals surface area (Å²) in [7, 11) is 0. The minimum absolute atomic E-state index is 0.0474. The molecule has 5 aromatic heterocycles. The minimum Gasteiger partial charge on any atom is -0.842 e. The second kappa shape index (κ2) is 8.61. The quantitative estimate of drug-likeness (QED) is 0.293. The molecular formula is C24H15Cl2N5O2. The highest BCUT2D eigenvalue weighted by atomic mass is 35.5. The van der Waals surface area contributed by atoms with Crippen molar-refractivity contribution in [1.82, 2.24) is 19.4 Å². The molecule has 0 aliphatic carbocycles. The van der Waals surface area contributed by atoms with E-state index in [2.05, 4.69) is 15.0 Å². The first-order valence-corrected chi connectivity index (χ1v) is 10.7. The molecule has 0 saturated heterocycles. The summed E-state index contributed by atoms with van der Waals surface area (Å²) in [5, 5.41) is 14.3. The van der Waals surface area contributed by atoms with Gasteiger partial charge in [-0.15, -0.1) is 0 Å². The fraction of sp³-hybridized carbons (Fsp3) is 0.0417. The summed E-state index contributed by atoms with van der Waals surface area (Å²) >= 11 is 11.8. The van der Waals surface area contributed by atoms with Crippen LogP contribution in [0.25, 0.3) is 28.0 Å². The number of hydrogen-bond donors (Lipinski definition) is 0. The van der Waals surface area contributed by atoms with E-state index in [1.54, 1.807) is 84.0 Å². The van der Waals surface area contributed by atoms with Gasteiger partial charge in [0.05, 0.1) is 17.8 Å². The molecule has 5 rings (SSSR count). The monoisotopic (exact) mass is 475 g/mol. The molecule has 0 N–H and O–H groups in total. The number of nitrogens with zero attached hydrogens (tertiary/aromatic N) is 5. The Kier molecular flexibility index (Phi) is 5.50. The molecule has 0 amide bonds. The second-order valence-electron chi connectivity index (χ2n) is 7.29. The lowest BCUT2D eigenvalue weighted by atomic mass is 10.1. The summed E-state index contributed by atoms with van der Waals surface area (Å²) in [5.74, 6) is -0.410. The van der Waals surface area contributed by atoms with Gasteiger partial charge in [0, 0.05) is 35.8 Å². The van der Waals surface area contributed by atoms with Gasteiger partial charge >= 0.3 is 5.56 Å². The zero-order valence-corrected chi connectivity index (χ0v) is 18.5. The number of halogens is 2. The summed E-state index contributed by atoms with van der Waals surface area (Å²) < 4.78 is 3.01. The van der Waals surface area contributed by atoms with Gasteiger partial charge in [0.25, 0.3) is 5.65 Å². The Hall–Kier alpha value is -3.81. The third-order valence-corrected chi connectivity index (χ3v) is 5.65. The molecule has 0 aliphatic rings. The first-order chi connectivity index (χ1) is 16.0. The fourth-order valence-corrected chi connectivity index (χ4v) is 3.85. The van der Waals surface area contributed by atoms with Crippen molar-refractivity contribution in [3.63, 3.8) is 0 Å². The standard InChI is InChI=1S/C24H15Cl2N5O2/c25-19-6-4-15(12-28-19)14-31-21-3-1-2-10-30(21)23(32)22(24(31)33)16-8-9-27-18(11-16)17-5-7-20(26)29-13-17/h1-13H,14H2. The minimum atomic E-state index is -0.410. The number of aromatic nitrogens is 5. The first kappa shape index (κ1) is 21.1. The van der Waals surface area contributed by atoms with E-state index >= 15 is 0 Å². The van der Waals surface area contributed by atoms with Crippen LogP contribution < -0.4 is 15.2 Å². The van der Waals surface area contributed by atoms with E-state index in [1.165, 1.54) is 4.40 Å². The van der Waals surface area contributed by atoms with Crippen LogP contribution in [0.2, 0.25) is 10.3 Å². The molecule has 162 valence electrons. The van der Waals surface area contributed by atoms with Crippen molar-refractivity contribution in [3.05, 3.63) is 106 Å². The van der Waals surface area contributed by atoms with Gasteiger partial charge in [0.2, 0.25) is 0 Å². The van der Waals surface area contributed by atoms with Crippen molar-refractivity contribution < 1.29 is 9.67 Å². The first-order valence-electron chi connectivity index (χ1n) is 9.94. The molecule has 0 aliphatic heterocycles. The Morgan fingerprint density at radius 1 is 0.909 bits per heavy atom. The van der Waals surface area contributed by atoms with E-state index in [4.69, 9.17) is 23.2 Å². The van der Waals surface area contributed by atoms with Gasteiger partial charge in [0.15, 0.2) is 0 Å². The largest absolute Gasteiger partial charge is 0.842 e. The van der Waals surface area contributed by atoms with Crippen molar-refractivity contribution in [3.8, 4) is 28.3 Å². The van der Waals surface area contributed by atoms with Crippen LogP contribution in [0, 0.1) is 0 Å². The van der Waals surface area contributed by atoms with Gasteiger partial charge in [0.1, 0.15) is 22.4 Å². The molecule has 0 saturated carbocycles. The molecule has 0 aromatic carbocycles.